The van der Waals surface area contributed by atoms with E-state index in [9.17, 15) is 4.57 Å². The van der Waals surface area contributed by atoms with Gasteiger partial charge in [0.2, 0.25) is 0 Å². The van der Waals surface area contributed by atoms with Gasteiger partial charge in [-0.2, -0.15) is 0 Å². The van der Waals surface area contributed by atoms with Gasteiger partial charge in [0, 0.05) is 11.8 Å². The van der Waals surface area contributed by atoms with E-state index >= 15 is 0 Å². The Morgan fingerprint density at radius 1 is 1.31 bits per heavy atom. The van der Waals surface area contributed by atoms with Crippen molar-refractivity contribution in [2.24, 2.45) is 0 Å². The van der Waals surface area contributed by atoms with Crippen LogP contribution in [-0.2, 0) is 11.0 Å². The molecule has 0 aliphatic carbocycles. The van der Waals surface area contributed by atoms with Crippen LogP contribution >= 0.6 is 8.03 Å². The summed E-state index contributed by atoms with van der Waals surface area (Å²) in [6.07, 6.45) is 2.02. The van der Waals surface area contributed by atoms with E-state index in [-0.39, 0.29) is 0 Å². The molecule has 1 aromatic carbocycles. The number of hydrogen-bond donors (Lipinski definition) is 2. The Morgan fingerprint density at radius 3 is 2.46 bits per heavy atom. The molecule has 1 rings (SSSR count). The topological polar surface area (TPSA) is 63.3 Å². The first-order valence-electron chi connectivity index (χ1n) is 4.24. The molecule has 1 aromatic rings. The fourth-order valence-corrected chi connectivity index (χ4v) is 1.61. The van der Waals surface area contributed by atoms with Crippen molar-refractivity contribution < 1.29 is 9.46 Å². The van der Waals surface area contributed by atoms with Crippen molar-refractivity contribution in [3.05, 3.63) is 29.8 Å². The summed E-state index contributed by atoms with van der Waals surface area (Å²) in [5, 5.41) is 0. The molecule has 0 heterocycles. The SMILES string of the molecule is Nc1ccc(CCC[PH](=O)O)cc1. The monoisotopic (exact) mass is 199 g/mol. The van der Waals surface area contributed by atoms with Crippen LogP contribution in [0.5, 0.6) is 0 Å². The maximum atomic E-state index is 10.4. The van der Waals surface area contributed by atoms with Crippen LogP contribution in [0.4, 0.5) is 5.69 Å². The van der Waals surface area contributed by atoms with Crippen LogP contribution in [0.1, 0.15) is 12.0 Å². The molecule has 1 atom stereocenters. The molecule has 0 radical (unpaired) electrons. The minimum Gasteiger partial charge on any atom is -0.399 e. The van der Waals surface area contributed by atoms with Crippen molar-refractivity contribution in [2.45, 2.75) is 12.8 Å². The summed E-state index contributed by atoms with van der Waals surface area (Å²) in [6.45, 7) is 0. The second-order valence-corrected chi connectivity index (χ2v) is 4.28. The van der Waals surface area contributed by atoms with Gasteiger partial charge in [-0.3, -0.25) is 4.57 Å². The van der Waals surface area contributed by atoms with Gasteiger partial charge < -0.3 is 10.6 Å². The lowest BCUT2D eigenvalue weighted by atomic mass is 10.1. The lowest BCUT2D eigenvalue weighted by Gasteiger charge is -2.00. The van der Waals surface area contributed by atoms with Gasteiger partial charge in [0.15, 0.2) is 8.03 Å². The Bertz CT molecular complexity index is 284. The molecule has 13 heavy (non-hydrogen) atoms. The van der Waals surface area contributed by atoms with Crippen LogP contribution < -0.4 is 5.73 Å². The standard InChI is InChI=1S/C9H14NO2P/c10-9-5-3-8(4-6-9)2-1-7-13(11)12/h3-6,13H,1-2,7,10H2,(H,11,12). The minimum absolute atomic E-state index is 0.412. The van der Waals surface area contributed by atoms with E-state index in [0.717, 1.165) is 24.1 Å². The fourth-order valence-electron chi connectivity index (χ4n) is 1.13. The molecule has 0 fully saturated rings. The van der Waals surface area contributed by atoms with Crippen molar-refractivity contribution in [3.63, 3.8) is 0 Å². The highest BCUT2D eigenvalue weighted by Crippen LogP contribution is 2.16. The molecule has 0 amide bonds. The van der Waals surface area contributed by atoms with Crippen LogP contribution in [0.25, 0.3) is 0 Å². The molecule has 1 unspecified atom stereocenters. The second kappa shape index (κ2) is 5.05. The minimum atomic E-state index is -2.29. The van der Waals surface area contributed by atoms with Crippen LogP contribution in [0, 0.1) is 0 Å². The molecular weight excluding hydrogens is 185 g/mol. The molecule has 0 saturated heterocycles. The molecule has 0 aliphatic rings. The zero-order valence-corrected chi connectivity index (χ0v) is 8.36. The Balaban J connectivity index is 2.37. The summed E-state index contributed by atoms with van der Waals surface area (Å²) in [5.74, 6) is 0. The highest BCUT2D eigenvalue weighted by atomic mass is 31.1. The molecule has 72 valence electrons. The van der Waals surface area contributed by atoms with E-state index in [1.165, 1.54) is 0 Å². The number of aryl methyl sites for hydroxylation is 1. The van der Waals surface area contributed by atoms with Crippen LogP contribution in [0.2, 0.25) is 0 Å². The molecule has 0 spiro atoms. The zero-order chi connectivity index (χ0) is 9.68. The van der Waals surface area contributed by atoms with Gasteiger partial charge >= 0.3 is 0 Å². The third-order valence-corrected chi connectivity index (χ3v) is 2.62. The predicted molar refractivity (Wildman–Crippen MR) is 55.3 cm³/mol. The molecule has 0 bridgehead atoms. The van der Waals surface area contributed by atoms with E-state index in [4.69, 9.17) is 10.6 Å². The number of anilines is 1. The van der Waals surface area contributed by atoms with Crippen LogP contribution in [0.15, 0.2) is 24.3 Å². The van der Waals surface area contributed by atoms with E-state index < -0.39 is 8.03 Å². The quantitative estimate of drug-likeness (QED) is 0.572. The lowest BCUT2D eigenvalue weighted by Crippen LogP contribution is -1.89. The smallest absolute Gasteiger partial charge is 0.189 e. The van der Waals surface area contributed by atoms with Crippen molar-refractivity contribution in [1.82, 2.24) is 0 Å². The number of hydrogen-bond acceptors (Lipinski definition) is 2. The summed E-state index contributed by atoms with van der Waals surface area (Å²) >= 11 is 0. The van der Waals surface area contributed by atoms with E-state index in [2.05, 4.69) is 0 Å². The zero-order valence-electron chi connectivity index (χ0n) is 7.36. The first-order valence-corrected chi connectivity index (χ1v) is 5.81. The second-order valence-electron chi connectivity index (χ2n) is 2.99. The largest absolute Gasteiger partial charge is 0.399 e. The van der Waals surface area contributed by atoms with Gasteiger partial charge in [-0.15, -0.1) is 0 Å². The first-order chi connectivity index (χ1) is 6.18. The van der Waals surface area contributed by atoms with Crippen molar-refractivity contribution in [3.8, 4) is 0 Å². The van der Waals surface area contributed by atoms with E-state index in [0.29, 0.717) is 6.16 Å². The normalized spacial score (nSPS) is 12.7. The van der Waals surface area contributed by atoms with Gasteiger partial charge in [-0.1, -0.05) is 12.1 Å². The summed E-state index contributed by atoms with van der Waals surface area (Å²) < 4.78 is 10.4. The van der Waals surface area contributed by atoms with Crippen molar-refractivity contribution in [2.75, 3.05) is 11.9 Å². The maximum absolute atomic E-state index is 10.4. The highest BCUT2D eigenvalue weighted by Gasteiger charge is 1.95. The predicted octanol–water partition coefficient (Wildman–Crippen LogP) is 1.67. The van der Waals surface area contributed by atoms with Gasteiger partial charge in [0.05, 0.1) is 0 Å². The molecule has 4 heteroatoms. The van der Waals surface area contributed by atoms with Gasteiger partial charge in [0.25, 0.3) is 0 Å². The summed E-state index contributed by atoms with van der Waals surface area (Å²) in [7, 11) is -2.29. The molecule has 3 N–H and O–H groups in total. The maximum Gasteiger partial charge on any atom is 0.189 e. The number of benzene rings is 1. The molecule has 0 saturated carbocycles. The first kappa shape index (κ1) is 10.3. The Kier molecular flexibility index (Phi) is 4.00. The van der Waals surface area contributed by atoms with Crippen LogP contribution in [-0.4, -0.2) is 11.1 Å². The highest BCUT2D eigenvalue weighted by molar-refractivity contribution is 7.37. The van der Waals surface area contributed by atoms with Crippen molar-refractivity contribution >= 4 is 13.7 Å². The molecule has 3 nitrogen and oxygen atoms in total. The lowest BCUT2D eigenvalue weighted by molar-refractivity contribution is 0.501. The molecule has 0 aromatic heterocycles. The molecule has 0 aliphatic heterocycles. The average molecular weight is 199 g/mol. The van der Waals surface area contributed by atoms with Gasteiger partial charge in [0.1, 0.15) is 0 Å². The summed E-state index contributed by atoms with van der Waals surface area (Å²) in [6, 6.07) is 7.59. The van der Waals surface area contributed by atoms with E-state index in [1.54, 1.807) is 0 Å². The summed E-state index contributed by atoms with van der Waals surface area (Å²) in [5.41, 5.74) is 7.43. The number of rotatable bonds is 4. The van der Waals surface area contributed by atoms with Crippen LogP contribution in [0.3, 0.4) is 0 Å². The number of nitrogens with two attached hydrogens (primary N) is 1. The van der Waals surface area contributed by atoms with Crippen molar-refractivity contribution in [1.29, 1.82) is 0 Å². The third-order valence-electron chi connectivity index (χ3n) is 1.84. The Hall–Kier alpha value is -0.790. The number of nitrogen functional groups attached to an aromatic ring is 1. The van der Waals surface area contributed by atoms with Gasteiger partial charge in [-0.05, 0) is 30.5 Å². The van der Waals surface area contributed by atoms with Gasteiger partial charge in [-0.25, -0.2) is 0 Å². The summed E-state index contributed by atoms with van der Waals surface area (Å²) in [4.78, 5) is 8.60. The fraction of sp³-hybridized carbons (Fsp3) is 0.333. The third kappa shape index (κ3) is 4.11. The Morgan fingerprint density at radius 2 is 1.92 bits per heavy atom. The molecular formula is C9H14NO2P. The van der Waals surface area contributed by atoms with E-state index in [1.807, 2.05) is 24.3 Å². The average Bonchev–Trinajstić information content (AvgIpc) is 2.08. The Labute approximate surface area is 78.5 Å².